The molecule has 1 aromatic heterocycles. The molecule has 3 aromatic rings. The van der Waals surface area contributed by atoms with Gasteiger partial charge in [-0.1, -0.05) is 52.3 Å². The number of amides is 1. The van der Waals surface area contributed by atoms with Gasteiger partial charge in [0.05, 0.1) is 18.2 Å². The van der Waals surface area contributed by atoms with Gasteiger partial charge in [0.1, 0.15) is 17.3 Å². The number of ketones is 1. The Morgan fingerprint density at radius 3 is 2.44 bits per heavy atom. The van der Waals surface area contributed by atoms with Gasteiger partial charge in [-0.2, -0.15) is 0 Å². The number of ether oxygens (including phenoxy) is 1. The minimum atomic E-state index is -0.872. The standard InChI is InChI=1S/C24H21BrN2O5/c1-3-12-31-18-10-6-15(7-11-18)21-20(22(28)16-4-8-17(25)9-5-16)23(29)24(30)27(21)19-13-14(2)32-26-19/h4-11,13,21,28H,3,12H2,1-2H3/t21-/m1/s1. The first-order valence-electron chi connectivity index (χ1n) is 10.1. The molecule has 1 amide bonds. The number of hydrogen-bond donors (Lipinski definition) is 1. The lowest BCUT2D eigenvalue weighted by molar-refractivity contribution is -0.132. The van der Waals surface area contributed by atoms with Crippen molar-refractivity contribution in [2.75, 3.05) is 11.5 Å². The molecule has 0 unspecified atom stereocenters. The lowest BCUT2D eigenvalue weighted by Gasteiger charge is -2.23. The molecule has 1 aliphatic heterocycles. The Balaban J connectivity index is 1.85. The van der Waals surface area contributed by atoms with Gasteiger partial charge in [-0.05, 0) is 43.2 Å². The third kappa shape index (κ3) is 4.05. The molecule has 32 heavy (non-hydrogen) atoms. The second-order valence-electron chi connectivity index (χ2n) is 7.39. The van der Waals surface area contributed by atoms with E-state index in [-0.39, 0.29) is 17.2 Å². The van der Waals surface area contributed by atoms with E-state index >= 15 is 0 Å². The van der Waals surface area contributed by atoms with Crippen LogP contribution in [0.3, 0.4) is 0 Å². The molecule has 1 fully saturated rings. The summed E-state index contributed by atoms with van der Waals surface area (Å²) in [4.78, 5) is 27.3. The topological polar surface area (TPSA) is 92.9 Å². The van der Waals surface area contributed by atoms with Crippen LogP contribution in [0.1, 0.15) is 36.3 Å². The fourth-order valence-corrected chi connectivity index (χ4v) is 3.84. The molecule has 0 bridgehead atoms. The first kappa shape index (κ1) is 21.8. The molecule has 1 aliphatic rings. The predicted octanol–water partition coefficient (Wildman–Crippen LogP) is 5.16. The molecule has 0 saturated carbocycles. The first-order valence-corrected chi connectivity index (χ1v) is 10.9. The van der Waals surface area contributed by atoms with Gasteiger partial charge in [0, 0.05) is 16.1 Å². The summed E-state index contributed by atoms with van der Waals surface area (Å²) in [6.07, 6.45) is 0.876. The molecule has 7 nitrogen and oxygen atoms in total. The summed E-state index contributed by atoms with van der Waals surface area (Å²) >= 11 is 3.36. The van der Waals surface area contributed by atoms with Gasteiger partial charge in [-0.15, -0.1) is 0 Å². The maximum atomic E-state index is 13.1. The molecule has 164 valence electrons. The number of carbonyl (C=O) groups excluding carboxylic acids is 2. The quantitative estimate of drug-likeness (QED) is 0.287. The number of carbonyl (C=O) groups is 2. The van der Waals surface area contributed by atoms with E-state index in [2.05, 4.69) is 21.1 Å². The summed E-state index contributed by atoms with van der Waals surface area (Å²) in [7, 11) is 0. The molecular formula is C24H21BrN2O5. The Kier molecular flexibility index (Phi) is 6.14. The van der Waals surface area contributed by atoms with Gasteiger partial charge in [-0.3, -0.25) is 14.5 Å². The molecular weight excluding hydrogens is 476 g/mol. The molecule has 0 spiro atoms. The van der Waals surface area contributed by atoms with Crippen LogP contribution in [0, 0.1) is 6.92 Å². The zero-order valence-electron chi connectivity index (χ0n) is 17.5. The van der Waals surface area contributed by atoms with Crippen LogP contribution in [0.4, 0.5) is 5.82 Å². The normalized spacial score (nSPS) is 17.7. The van der Waals surface area contributed by atoms with E-state index < -0.39 is 17.7 Å². The largest absolute Gasteiger partial charge is 0.507 e. The minimum Gasteiger partial charge on any atom is -0.507 e. The van der Waals surface area contributed by atoms with E-state index in [0.29, 0.717) is 29.2 Å². The summed E-state index contributed by atoms with van der Waals surface area (Å²) in [5, 5.41) is 15.0. The van der Waals surface area contributed by atoms with E-state index in [0.717, 1.165) is 10.9 Å². The van der Waals surface area contributed by atoms with Crippen molar-refractivity contribution in [2.45, 2.75) is 26.3 Å². The fourth-order valence-electron chi connectivity index (χ4n) is 3.58. The predicted molar refractivity (Wildman–Crippen MR) is 122 cm³/mol. The highest BCUT2D eigenvalue weighted by atomic mass is 79.9. The van der Waals surface area contributed by atoms with Crippen molar-refractivity contribution in [1.82, 2.24) is 5.16 Å². The number of nitrogens with zero attached hydrogens (tertiary/aromatic N) is 2. The van der Waals surface area contributed by atoms with Crippen molar-refractivity contribution < 1.29 is 24.0 Å². The van der Waals surface area contributed by atoms with Crippen LogP contribution in [0.5, 0.6) is 5.75 Å². The number of benzene rings is 2. The van der Waals surface area contributed by atoms with Crippen molar-refractivity contribution in [1.29, 1.82) is 0 Å². The third-order valence-corrected chi connectivity index (χ3v) is 5.62. The molecule has 1 saturated heterocycles. The third-order valence-electron chi connectivity index (χ3n) is 5.09. The zero-order chi connectivity index (χ0) is 22.8. The maximum absolute atomic E-state index is 13.1. The fraction of sp³-hybridized carbons (Fsp3) is 0.208. The van der Waals surface area contributed by atoms with Crippen LogP contribution >= 0.6 is 15.9 Å². The number of aliphatic hydroxyl groups excluding tert-OH is 1. The number of rotatable bonds is 6. The number of aryl methyl sites for hydroxylation is 1. The monoisotopic (exact) mass is 496 g/mol. The minimum absolute atomic E-state index is 0.0137. The summed E-state index contributed by atoms with van der Waals surface area (Å²) in [5.74, 6) is -0.448. The average molecular weight is 497 g/mol. The van der Waals surface area contributed by atoms with E-state index in [9.17, 15) is 14.7 Å². The highest BCUT2D eigenvalue weighted by Crippen LogP contribution is 2.42. The maximum Gasteiger partial charge on any atom is 0.301 e. The second-order valence-corrected chi connectivity index (χ2v) is 8.30. The van der Waals surface area contributed by atoms with Crippen LogP contribution in [-0.2, 0) is 9.59 Å². The number of aliphatic hydroxyl groups is 1. The number of aromatic nitrogens is 1. The van der Waals surface area contributed by atoms with E-state index in [1.54, 1.807) is 61.5 Å². The number of hydrogen-bond acceptors (Lipinski definition) is 6. The lowest BCUT2D eigenvalue weighted by Crippen LogP contribution is -2.29. The van der Waals surface area contributed by atoms with E-state index in [4.69, 9.17) is 9.26 Å². The van der Waals surface area contributed by atoms with Crippen LogP contribution in [0.2, 0.25) is 0 Å². The van der Waals surface area contributed by atoms with Gasteiger partial charge in [-0.25, -0.2) is 0 Å². The summed E-state index contributed by atoms with van der Waals surface area (Å²) < 4.78 is 11.6. The average Bonchev–Trinajstić information content (AvgIpc) is 3.33. The molecule has 1 atom stereocenters. The van der Waals surface area contributed by atoms with Gasteiger partial charge in [0.2, 0.25) is 0 Å². The van der Waals surface area contributed by atoms with Gasteiger partial charge < -0.3 is 14.4 Å². The first-order chi connectivity index (χ1) is 15.4. The van der Waals surface area contributed by atoms with Crippen LogP contribution in [0.15, 0.2) is 69.2 Å². The zero-order valence-corrected chi connectivity index (χ0v) is 19.1. The Labute approximate surface area is 193 Å². The Morgan fingerprint density at radius 2 is 1.84 bits per heavy atom. The molecule has 0 radical (unpaired) electrons. The Morgan fingerprint density at radius 1 is 1.16 bits per heavy atom. The highest BCUT2D eigenvalue weighted by Gasteiger charge is 2.48. The van der Waals surface area contributed by atoms with Gasteiger partial charge in [0.15, 0.2) is 5.82 Å². The molecule has 0 aliphatic carbocycles. The molecule has 2 heterocycles. The Hall–Kier alpha value is -3.39. The highest BCUT2D eigenvalue weighted by molar-refractivity contribution is 9.10. The van der Waals surface area contributed by atoms with Crippen molar-refractivity contribution in [3.8, 4) is 5.75 Å². The molecule has 1 N–H and O–H groups in total. The molecule has 8 heteroatoms. The van der Waals surface area contributed by atoms with Gasteiger partial charge in [0.25, 0.3) is 5.78 Å². The van der Waals surface area contributed by atoms with E-state index in [1.807, 2.05) is 6.92 Å². The smallest absolute Gasteiger partial charge is 0.301 e. The lowest BCUT2D eigenvalue weighted by atomic mass is 9.95. The molecule has 4 rings (SSSR count). The van der Waals surface area contributed by atoms with Crippen molar-refractivity contribution >= 4 is 39.2 Å². The van der Waals surface area contributed by atoms with E-state index in [1.165, 1.54) is 4.90 Å². The Bertz CT molecular complexity index is 1180. The summed E-state index contributed by atoms with van der Waals surface area (Å²) in [5.41, 5.74) is 1.04. The van der Waals surface area contributed by atoms with Crippen LogP contribution in [0.25, 0.3) is 5.76 Å². The summed E-state index contributed by atoms with van der Waals surface area (Å²) in [6, 6.07) is 14.7. The summed E-state index contributed by atoms with van der Waals surface area (Å²) in [6.45, 7) is 4.30. The van der Waals surface area contributed by atoms with Crippen molar-refractivity contribution in [3.63, 3.8) is 0 Å². The van der Waals surface area contributed by atoms with Gasteiger partial charge >= 0.3 is 5.91 Å². The SMILES string of the molecule is CCCOc1ccc([C@@H]2C(=C(O)c3ccc(Br)cc3)C(=O)C(=O)N2c2cc(C)on2)cc1. The number of Topliss-reactive ketones (excluding diaryl/α,β-unsaturated/α-hetero) is 1. The molecule has 2 aromatic carbocycles. The van der Waals surface area contributed by atoms with Crippen molar-refractivity contribution in [2.24, 2.45) is 0 Å². The number of halogens is 1. The number of anilines is 1. The second kappa shape index (κ2) is 9.00. The van der Waals surface area contributed by atoms with Crippen molar-refractivity contribution in [3.05, 3.63) is 81.5 Å². The van der Waals surface area contributed by atoms with Crippen LogP contribution < -0.4 is 9.64 Å². The van der Waals surface area contributed by atoms with Crippen LogP contribution in [-0.4, -0.2) is 28.6 Å².